The van der Waals surface area contributed by atoms with E-state index in [4.69, 9.17) is 14.6 Å². The van der Waals surface area contributed by atoms with Gasteiger partial charge in [-0.1, -0.05) is 19.9 Å². The highest BCUT2D eigenvalue weighted by atomic mass is 19.1. The van der Waals surface area contributed by atoms with Gasteiger partial charge in [-0.25, -0.2) is 24.1 Å². The maximum atomic E-state index is 13.9. The van der Waals surface area contributed by atoms with Gasteiger partial charge >= 0.3 is 6.09 Å². The van der Waals surface area contributed by atoms with E-state index in [9.17, 15) is 14.0 Å². The number of aliphatic hydroxyl groups is 1. The first kappa shape index (κ1) is 32.8. The van der Waals surface area contributed by atoms with E-state index in [1.165, 1.54) is 12.1 Å². The lowest BCUT2D eigenvalue weighted by Crippen LogP contribution is -2.37. The number of hydrogen-bond acceptors (Lipinski definition) is 9. The van der Waals surface area contributed by atoms with Crippen LogP contribution in [0.2, 0.25) is 0 Å². The molecule has 3 aromatic heterocycles. The Morgan fingerprint density at radius 2 is 1.85 bits per heavy atom. The molecule has 12 heteroatoms. The number of aromatic nitrogens is 3. The number of fused-ring (bicyclic) bond motifs is 2. The molecule has 2 amide bonds. The number of anilines is 3. The highest BCUT2D eigenvalue weighted by Gasteiger charge is 2.39. The molecule has 1 saturated heterocycles. The van der Waals surface area contributed by atoms with Crippen molar-refractivity contribution in [3.05, 3.63) is 71.9 Å². The summed E-state index contributed by atoms with van der Waals surface area (Å²) in [5, 5.41) is 12.3. The second kappa shape index (κ2) is 13.8. The van der Waals surface area contributed by atoms with Gasteiger partial charge in [-0.3, -0.25) is 9.20 Å². The summed E-state index contributed by atoms with van der Waals surface area (Å²) in [6.07, 6.45) is 6.16. The number of pyridine rings is 2. The van der Waals surface area contributed by atoms with Gasteiger partial charge in [-0.15, -0.1) is 0 Å². The number of aliphatic hydroxyl groups excluding tert-OH is 1. The van der Waals surface area contributed by atoms with E-state index < -0.39 is 23.4 Å². The SMILES string of the molecule is CC.CC(C)(C)OC(=O)N1Cc2c(-c3cnc4cc(F)ccn34)ccc(Nc3ccc(N4CCC(OCCO)CC4)cn3)c2C1=O. The van der Waals surface area contributed by atoms with Crippen LogP contribution in [0.3, 0.4) is 0 Å². The summed E-state index contributed by atoms with van der Waals surface area (Å²) >= 11 is 0. The van der Waals surface area contributed by atoms with E-state index in [1.807, 2.05) is 32.0 Å². The second-order valence-electron chi connectivity index (χ2n) is 11.9. The highest BCUT2D eigenvalue weighted by molar-refractivity contribution is 6.11. The molecule has 0 aliphatic carbocycles. The molecule has 46 heavy (non-hydrogen) atoms. The fraction of sp³-hybridized carbons (Fsp3) is 0.412. The lowest BCUT2D eigenvalue weighted by atomic mass is 9.99. The van der Waals surface area contributed by atoms with Gasteiger partial charge in [-0.05, 0) is 63.4 Å². The van der Waals surface area contributed by atoms with E-state index >= 15 is 0 Å². The van der Waals surface area contributed by atoms with Gasteiger partial charge in [0.05, 0.1) is 60.9 Å². The summed E-state index contributed by atoms with van der Waals surface area (Å²) in [6, 6.07) is 10.1. The first-order valence-corrected chi connectivity index (χ1v) is 15.7. The molecule has 244 valence electrons. The van der Waals surface area contributed by atoms with Crippen LogP contribution >= 0.6 is 0 Å². The Kier molecular flexibility index (Phi) is 9.88. The second-order valence-corrected chi connectivity index (χ2v) is 11.9. The normalized spacial score (nSPS) is 15.1. The third-order valence-electron chi connectivity index (χ3n) is 7.72. The third kappa shape index (κ3) is 6.97. The number of hydrogen-bond donors (Lipinski definition) is 2. The molecule has 0 atom stereocenters. The Morgan fingerprint density at radius 1 is 1.09 bits per heavy atom. The van der Waals surface area contributed by atoms with E-state index in [2.05, 4.69) is 20.2 Å². The molecule has 4 aromatic rings. The van der Waals surface area contributed by atoms with Crippen molar-refractivity contribution < 1.29 is 28.6 Å². The Balaban J connectivity index is 0.00000204. The van der Waals surface area contributed by atoms with Crippen molar-refractivity contribution in [2.75, 3.05) is 36.5 Å². The van der Waals surface area contributed by atoms with Crippen molar-refractivity contribution >= 4 is 34.8 Å². The molecule has 6 rings (SSSR count). The third-order valence-corrected chi connectivity index (χ3v) is 7.72. The van der Waals surface area contributed by atoms with Gasteiger partial charge in [0.15, 0.2) is 0 Å². The van der Waals surface area contributed by atoms with Crippen molar-refractivity contribution in [1.29, 1.82) is 0 Å². The smallest absolute Gasteiger partial charge is 0.417 e. The van der Waals surface area contributed by atoms with E-state index in [1.54, 1.807) is 49.8 Å². The zero-order valence-electron chi connectivity index (χ0n) is 26.9. The molecule has 1 fully saturated rings. The molecule has 0 unspecified atom stereocenters. The molecule has 0 bridgehead atoms. The van der Waals surface area contributed by atoms with Crippen molar-refractivity contribution in [1.82, 2.24) is 19.3 Å². The zero-order chi connectivity index (χ0) is 33.0. The van der Waals surface area contributed by atoms with Crippen LogP contribution in [0.5, 0.6) is 0 Å². The fourth-order valence-electron chi connectivity index (χ4n) is 5.67. The summed E-state index contributed by atoms with van der Waals surface area (Å²) in [7, 11) is 0. The van der Waals surface area contributed by atoms with Crippen LogP contribution in [-0.4, -0.2) is 74.4 Å². The molecule has 11 nitrogen and oxygen atoms in total. The number of carbonyl (C=O) groups excluding carboxylic acids is 2. The summed E-state index contributed by atoms with van der Waals surface area (Å²) in [5.74, 6) is -0.346. The van der Waals surface area contributed by atoms with E-state index in [0.717, 1.165) is 36.5 Å². The van der Waals surface area contributed by atoms with E-state index in [-0.39, 0.29) is 19.3 Å². The topological polar surface area (TPSA) is 122 Å². The fourth-order valence-corrected chi connectivity index (χ4v) is 5.67. The minimum Gasteiger partial charge on any atom is -0.443 e. The minimum absolute atomic E-state index is 0.00665. The number of halogens is 1. The van der Waals surface area contributed by atoms with Crippen LogP contribution in [0.1, 0.15) is 63.4 Å². The Hall–Kier alpha value is -4.55. The van der Waals surface area contributed by atoms with Crippen LogP contribution in [0.4, 0.5) is 26.4 Å². The predicted molar refractivity (Wildman–Crippen MR) is 174 cm³/mol. The summed E-state index contributed by atoms with van der Waals surface area (Å²) < 4.78 is 26.8. The van der Waals surface area contributed by atoms with Gasteiger partial charge in [0.1, 0.15) is 22.9 Å². The molecule has 0 spiro atoms. The lowest BCUT2D eigenvalue weighted by molar-refractivity contribution is 0.0159. The van der Waals surface area contributed by atoms with Crippen LogP contribution in [-0.2, 0) is 16.0 Å². The molecule has 0 radical (unpaired) electrons. The number of carbonyl (C=O) groups is 2. The first-order valence-electron chi connectivity index (χ1n) is 15.7. The molecule has 5 heterocycles. The number of imide groups is 1. The average molecular weight is 633 g/mol. The first-order chi connectivity index (χ1) is 22.1. The number of rotatable bonds is 7. The van der Waals surface area contributed by atoms with Gasteiger partial charge < -0.3 is 24.8 Å². The summed E-state index contributed by atoms with van der Waals surface area (Å²) in [5.41, 5.74) is 3.44. The number of nitrogens with zero attached hydrogens (tertiary/aromatic N) is 5. The maximum Gasteiger partial charge on any atom is 0.417 e. The molecule has 2 aliphatic rings. The molecule has 2 aliphatic heterocycles. The van der Waals surface area contributed by atoms with Crippen LogP contribution in [0, 0.1) is 5.82 Å². The van der Waals surface area contributed by atoms with Gasteiger partial charge in [0.2, 0.25) is 0 Å². The van der Waals surface area contributed by atoms with Crippen LogP contribution < -0.4 is 10.2 Å². The van der Waals surface area contributed by atoms with Crippen molar-refractivity contribution in [3.8, 4) is 11.3 Å². The number of nitrogens with one attached hydrogen (secondary N) is 1. The molecular weight excluding hydrogens is 591 g/mol. The number of imidazole rings is 1. The highest BCUT2D eigenvalue weighted by Crippen LogP contribution is 2.39. The summed E-state index contributed by atoms with van der Waals surface area (Å²) in [6.45, 7) is 11.3. The zero-order valence-corrected chi connectivity index (χ0v) is 26.9. The number of piperidine rings is 1. The number of amides is 2. The largest absolute Gasteiger partial charge is 0.443 e. The van der Waals surface area contributed by atoms with Crippen LogP contribution in [0.25, 0.3) is 16.9 Å². The molecule has 0 saturated carbocycles. The maximum absolute atomic E-state index is 13.9. The number of benzene rings is 1. The predicted octanol–water partition coefficient (Wildman–Crippen LogP) is 6.17. The van der Waals surface area contributed by atoms with Crippen LogP contribution in [0.15, 0.2) is 55.0 Å². The Labute approximate surface area is 268 Å². The van der Waals surface area contributed by atoms with Crippen molar-refractivity contribution in [2.24, 2.45) is 0 Å². The lowest BCUT2D eigenvalue weighted by Gasteiger charge is -2.33. The van der Waals surface area contributed by atoms with Gasteiger partial charge in [0, 0.05) is 30.9 Å². The monoisotopic (exact) mass is 632 g/mol. The summed E-state index contributed by atoms with van der Waals surface area (Å²) in [4.78, 5) is 39.2. The van der Waals surface area contributed by atoms with Gasteiger partial charge in [-0.2, -0.15) is 0 Å². The van der Waals surface area contributed by atoms with Crippen molar-refractivity contribution in [2.45, 2.75) is 65.7 Å². The molecular formula is C34H41FN6O5. The molecule has 2 N–H and O–H groups in total. The van der Waals surface area contributed by atoms with Gasteiger partial charge in [0.25, 0.3) is 5.91 Å². The average Bonchev–Trinajstić information content (AvgIpc) is 3.62. The Morgan fingerprint density at radius 3 is 2.52 bits per heavy atom. The quantitative estimate of drug-likeness (QED) is 0.246. The Bertz CT molecular complexity index is 1690. The molecule has 1 aromatic carbocycles. The number of ether oxygens (including phenoxy) is 2. The van der Waals surface area contributed by atoms with E-state index in [0.29, 0.717) is 46.1 Å². The van der Waals surface area contributed by atoms with Crippen molar-refractivity contribution in [3.63, 3.8) is 0 Å². The minimum atomic E-state index is -0.783. The standard InChI is InChI=1S/C32H35FN6O5.C2H6/c1-32(2,3)44-31(42)39-19-24-23(26-18-35-28-16-20(33)8-13-38(26)28)5-6-25(29(24)30(39)41)36-27-7-4-21(17-34-27)37-11-9-22(10-12-37)43-15-14-40;1-2/h4-8,13,16-18,22,40H,9-12,14-15,19H2,1-3H3,(H,34,36);1-2H3.